The number of aldehydes is 1. The molecule has 2 N–H and O–H groups in total. The van der Waals surface area contributed by atoms with Crippen molar-refractivity contribution in [3.05, 3.63) is 28.8 Å². The minimum Gasteiger partial charge on any atom is -0.491 e. The van der Waals surface area contributed by atoms with E-state index in [-0.39, 0.29) is 30.0 Å². The van der Waals surface area contributed by atoms with Crippen LogP contribution in [0, 0.1) is 0 Å². The van der Waals surface area contributed by atoms with Crippen molar-refractivity contribution in [3.8, 4) is 5.75 Å². The molecule has 3 rings (SSSR count). The molecule has 0 aromatic heterocycles. The standard InChI is InChI=1S/C19H23NO7/c1-18(2,3)27-17(25)20-7-6-19(14(22)8-20)10-26-15-12(9-21)11(16(23)24)4-5-13(15)19/h4-5,9,14,22H,6-8,10H2,1-3H3,(H,23,24). The van der Waals surface area contributed by atoms with Gasteiger partial charge in [0, 0.05) is 12.1 Å². The Morgan fingerprint density at radius 3 is 2.63 bits per heavy atom. The summed E-state index contributed by atoms with van der Waals surface area (Å²) in [5.41, 5.74) is -0.985. The Morgan fingerprint density at radius 2 is 2.07 bits per heavy atom. The van der Waals surface area contributed by atoms with E-state index in [1.165, 1.54) is 11.0 Å². The normalized spacial score (nSPS) is 24.3. The van der Waals surface area contributed by atoms with Gasteiger partial charge in [-0.15, -0.1) is 0 Å². The van der Waals surface area contributed by atoms with E-state index in [4.69, 9.17) is 9.47 Å². The lowest BCUT2D eigenvalue weighted by Gasteiger charge is -2.42. The highest BCUT2D eigenvalue weighted by Gasteiger charge is 2.51. The predicted octanol–water partition coefficient (Wildman–Crippen LogP) is 1.83. The second-order valence-electron chi connectivity index (χ2n) is 7.96. The van der Waals surface area contributed by atoms with Crippen LogP contribution < -0.4 is 4.74 Å². The number of carboxylic acids is 1. The number of amides is 1. The van der Waals surface area contributed by atoms with Crippen molar-refractivity contribution >= 4 is 18.3 Å². The monoisotopic (exact) mass is 377 g/mol. The van der Waals surface area contributed by atoms with Crippen molar-refractivity contribution in [1.82, 2.24) is 4.90 Å². The van der Waals surface area contributed by atoms with Crippen LogP contribution in [-0.2, 0) is 10.2 Å². The molecular formula is C19H23NO7. The van der Waals surface area contributed by atoms with Crippen molar-refractivity contribution in [1.29, 1.82) is 0 Å². The first-order valence-electron chi connectivity index (χ1n) is 8.74. The first kappa shape index (κ1) is 19.2. The fourth-order valence-electron chi connectivity index (χ4n) is 3.68. The summed E-state index contributed by atoms with van der Waals surface area (Å²) in [5, 5.41) is 20.1. The summed E-state index contributed by atoms with van der Waals surface area (Å²) >= 11 is 0. The van der Waals surface area contributed by atoms with Crippen LogP contribution in [0.5, 0.6) is 5.75 Å². The maximum absolute atomic E-state index is 12.3. The van der Waals surface area contributed by atoms with Gasteiger partial charge >= 0.3 is 12.1 Å². The summed E-state index contributed by atoms with van der Waals surface area (Å²) in [7, 11) is 0. The van der Waals surface area contributed by atoms with Crippen LogP contribution in [0.2, 0.25) is 0 Å². The molecule has 1 saturated heterocycles. The fourth-order valence-corrected chi connectivity index (χ4v) is 3.68. The molecule has 1 fully saturated rings. The molecule has 0 bridgehead atoms. The van der Waals surface area contributed by atoms with Gasteiger partial charge in [0.05, 0.1) is 29.2 Å². The first-order chi connectivity index (χ1) is 12.6. The van der Waals surface area contributed by atoms with Crippen LogP contribution >= 0.6 is 0 Å². The Labute approximate surface area is 156 Å². The largest absolute Gasteiger partial charge is 0.491 e. The highest BCUT2D eigenvalue weighted by atomic mass is 16.6. The average Bonchev–Trinajstić information content (AvgIpc) is 2.94. The zero-order valence-corrected chi connectivity index (χ0v) is 15.5. The molecular weight excluding hydrogens is 354 g/mol. The van der Waals surface area contributed by atoms with Gasteiger partial charge in [-0.05, 0) is 33.3 Å². The quantitative estimate of drug-likeness (QED) is 0.756. The maximum Gasteiger partial charge on any atom is 0.410 e. The second kappa shape index (κ2) is 6.53. The van der Waals surface area contributed by atoms with Crippen molar-refractivity contribution < 1.29 is 34.1 Å². The van der Waals surface area contributed by atoms with E-state index in [0.717, 1.165) is 0 Å². The van der Waals surface area contributed by atoms with E-state index in [2.05, 4.69) is 0 Å². The number of β-amino-alcohol motifs (C(OH)–C–C–N with tert-alkyl or cyclic N) is 1. The topological polar surface area (TPSA) is 113 Å². The van der Waals surface area contributed by atoms with Gasteiger partial charge in [-0.25, -0.2) is 9.59 Å². The lowest BCUT2D eigenvalue weighted by molar-refractivity contribution is -0.0281. The number of carbonyl (C=O) groups is 3. The minimum atomic E-state index is -1.22. The third-order valence-electron chi connectivity index (χ3n) is 5.07. The molecule has 0 saturated carbocycles. The van der Waals surface area contributed by atoms with E-state index in [0.29, 0.717) is 24.8 Å². The molecule has 2 aliphatic rings. The summed E-state index contributed by atoms with van der Waals surface area (Å²) in [6, 6.07) is 2.94. The van der Waals surface area contributed by atoms with Gasteiger partial charge in [0.25, 0.3) is 0 Å². The summed E-state index contributed by atoms with van der Waals surface area (Å²) in [4.78, 5) is 36.5. The Balaban J connectivity index is 1.88. The molecule has 8 heteroatoms. The van der Waals surface area contributed by atoms with Gasteiger partial charge in [0.15, 0.2) is 6.29 Å². The first-order valence-corrected chi connectivity index (χ1v) is 8.74. The maximum atomic E-state index is 12.3. The Morgan fingerprint density at radius 1 is 1.37 bits per heavy atom. The number of aliphatic hydroxyl groups is 1. The molecule has 0 radical (unpaired) electrons. The molecule has 2 heterocycles. The van der Waals surface area contributed by atoms with Gasteiger partial charge in [0.2, 0.25) is 0 Å². The average molecular weight is 377 g/mol. The lowest BCUT2D eigenvalue weighted by atomic mass is 9.72. The molecule has 0 aliphatic carbocycles. The molecule has 2 unspecified atom stereocenters. The number of piperidine rings is 1. The molecule has 2 aliphatic heterocycles. The lowest BCUT2D eigenvalue weighted by Crippen LogP contribution is -2.56. The van der Waals surface area contributed by atoms with Gasteiger partial charge in [0.1, 0.15) is 18.0 Å². The van der Waals surface area contributed by atoms with Crippen LogP contribution in [0.15, 0.2) is 12.1 Å². The predicted molar refractivity (Wildman–Crippen MR) is 94.4 cm³/mol. The summed E-state index contributed by atoms with van der Waals surface area (Å²) in [6.45, 7) is 5.86. The number of likely N-dealkylation sites (tertiary alicyclic amines) is 1. The highest BCUT2D eigenvalue weighted by Crippen LogP contribution is 2.47. The van der Waals surface area contributed by atoms with E-state index in [1.807, 2.05) is 0 Å². The van der Waals surface area contributed by atoms with Crippen molar-refractivity contribution in [2.24, 2.45) is 0 Å². The Kier molecular flexibility index (Phi) is 4.63. The smallest absolute Gasteiger partial charge is 0.410 e. The van der Waals surface area contributed by atoms with E-state index in [9.17, 15) is 24.6 Å². The molecule has 2 atom stereocenters. The van der Waals surface area contributed by atoms with E-state index >= 15 is 0 Å². The van der Waals surface area contributed by atoms with Crippen LogP contribution in [0.25, 0.3) is 0 Å². The molecule has 8 nitrogen and oxygen atoms in total. The highest BCUT2D eigenvalue weighted by molar-refractivity contribution is 5.99. The van der Waals surface area contributed by atoms with Gasteiger partial charge in [-0.1, -0.05) is 6.07 Å². The summed E-state index contributed by atoms with van der Waals surface area (Å²) in [5.74, 6) is -1.01. The number of hydrogen-bond donors (Lipinski definition) is 2. The fraction of sp³-hybridized carbons (Fsp3) is 0.526. The Bertz CT molecular complexity index is 798. The van der Waals surface area contributed by atoms with Crippen LogP contribution in [0.1, 0.15) is 53.5 Å². The van der Waals surface area contributed by atoms with Crippen molar-refractivity contribution in [2.45, 2.75) is 44.3 Å². The van der Waals surface area contributed by atoms with Crippen LogP contribution in [0.3, 0.4) is 0 Å². The van der Waals surface area contributed by atoms with Crippen LogP contribution in [0.4, 0.5) is 4.79 Å². The third kappa shape index (κ3) is 3.25. The number of fused-ring (bicyclic) bond motifs is 2. The number of nitrogens with zero attached hydrogens (tertiary/aromatic N) is 1. The zero-order chi connectivity index (χ0) is 20.0. The number of aromatic carboxylic acids is 1. The molecule has 27 heavy (non-hydrogen) atoms. The number of benzene rings is 1. The van der Waals surface area contributed by atoms with Gasteiger partial charge < -0.3 is 24.6 Å². The Hall–Kier alpha value is -2.61. The third-order valence-corrected chi connectivity index (χ3v) is 5.07. The molecule has 1 spiro atoms. The van der Waals surface area contributed by atoms with Crippen molar-refractivity contribution in [3.63, 3.8) is 0 Å². The molecule has 1 aromatic rings. The number of rotatable bonds is 2. The van der Waals surface area contributed by atoms with E-state index < -0.39 is 29.2 Å². The molecule has 1 amide bonds. The van der Waals surface area contributed by atoms with Gasteiger partial charge in [-0.3, -0.25) is 4.79 Å². The zero-order valence-electron chi connectivity index (χ0n) is 15.5. The molecule has 146 valence electrons. The molecule has 1 aromatic carbocycles. The van der Waals surface area contributed by atoms with Gasteiger partial charge in [-0.2, -0.15) is 0 Å². The minimum absolute atomic E-state index is 0.0290. The second-order valence-corrected chi connectivity index (χ2v) is 7.96. The van der Waals surface area contributed by atoms with Crippen LogP contribution in [-0.4, -0.2) is 64.9 Å². The summed E-state index contributed by atoms with van der Waals surface area (Å²) < 4.78 is 11.0. The van der Waals surface area contributed by atoms with E-state index in [1.54, 1.807) is 26.8 Å². The van der Waals surface area contributed by atoms with Crippen molar-refractivity contribution in [2.75, 3.05) is 19.7 Å². The summed E-state index contributed by atoms with van der Waals surface area (Å²) in [6.07, 6.45) is -0.560. The number of hydrogen-bond acceptors (Lipinski definition) is 6. The number of aliphatic hydroxyl groups excluding tert-OH is 1. The number of carboxylic acid groups (broad SMARTS) is 1. The number of ether oxygens (including phenoxy) is 2. The number of carbonyl (C=O) groups excluding carboxylic acids is 2. The SMILES string of the molecule is CC(C)(C)OC(=O)N1CCC2(COc3c2ccc(C(=O)O)c3C=O)C(O)C1.